The molecule has 0 aromatic heterocycles. The van der Waals surface area contributed by atoms with Gasteiger partial charge in [0.1, 0.15) is 5.75 Å². The van der Waals surface area contributed by atoms with Crippen LogP contribution < -0.4 is 10.1 Å². The van der Waals surface area contributed by atoms with E-state index in [4.69, 9.17) is 4.74 Å². The second-order valence-electron chi connectivity index (χ2n) is 8.12. The van der Waals surface area contributed by atoms with Gasteiger partial charge in [-0.1, -0.05) is 6.07 Å². The second kappa shape index (κ2) is 7.17. The number of hydrogen-bond donors (Lipinski definition) is 1. The number of nitrogens with zero attached hydrogens (tertiary/aromatic N) is 2. The zero-order chi connectivity index (χ0) is 18.9. The Bertz CT molecular complexity index is 681. The van der Waals surface area contributed by atoms with Crippen molar-refractivity contribution in [2.24, 2.45) is 5.41 Å². The zero-order valence-corrected chi connectivity index (χ0v) is 16.1. The van der Waals surface area contributed by atoms with Crippen molar-refractivity contribution in [1.82, 2.24) is 15.1 Å². The van der Waals surface area contributed by atoms with Crippen LogP contribution in [0.5, 0.6) is 5.75 Å². The number of likely N-dealkylation sites (tertiary alicyclic amines) is 1. The second-order valence-corrected chi connectivity index (χ2v) is 8.12. The van der Waals surface area contributed by atoms with Gasteiger partial charge in [-0.05, 0) is 56.7 Å². The Hall–Kier alpha value is -2.24. The molecule has 1 spiro atoms. The molecule has 1 aromatic rings. The van der Waals surface area contributed by atoms with Gasteiger partial charge in [-0.2, -0.15) is 0 Å². The van der Waals surface area contributed by atoms with Crippen molar-refractivity contribution >= 4 is 11.9 Å². The molecular formula is C20H29N3O3. The molecule has 0 unspecified atom stereocenters. The number of carbonyl (C=O) groups excluding carboxylic acids is 2. The van der Waals surface area contributed by atoms with Crippen LogP contribution in [0.25, 0.3) is 0 Å². The lowest BCUT2D eigenvalue weighted by Gasteiger charge is -2.45. The lowest BCUT2D eigenvalue weighted by molar-refractivity contribution is 0.0664. The Kier molecular flexibility index (Phi) is 5.12. The van der Waals surface area contributed by atoms with Gasteiger partial charge in [0.15, 0.2) is 0 Å². The van der Waals surface area contributed by atoms with Crippen LogP contribution >= 0.6 is 0 Å². The first-order valence-corrected chi connectivity index (χ1v) is 9.32. The highest BCUT2D eigenvalue weighted by Gasteiger charge is 2.49. The number of nitrogens with one attached hydrogen (secondary N) is 1. The summed E-state index contributed by atoms with van der Waals surface area (Å²) >= 11 is 0. The number of amides is 3. The molecule has 1 aromatic carbocycles. The molecule has 2 fully saturated rings. The molecule has 1 saturated carbocycles. The Morgan fingerprint density at radius 3 is 2.69 bits per heavy atom. The Labute approximate surface area is 155 Å². The maximum Gasteiger partial charge on any atom is 0.317 e. The van der Waals surface area contributed by atoms with E-state index >= 15 is 0 Å². The fourth-order valence-electron chi connectivity index (χ4n) is 3.99. The van der Waals surface area contributed by atoms with Gasteiger partial charge in [0.2, 0.25) is 0 Å². The smallest absolute Gasteiger partial charge is 0.317 e. The largest absolute Gasteiger partial charge is 0.491 e. The minimum atomic E-state index is -0.0438. The maximum absolute atomic E-state index is 12.9. The summed E-state index contributed by atoms with van der Waals surface area (Å²) in [6, 6.07) is 7.61. The van der Waals surface area contributed by atoms with Crippen molar-refractivity contribution in [3.63, 3.8) is 0 Å². The molecule has 3 rings (SSSR count). The summed E-state index contributed by atoms with van der Waals surface area (Å²) in [4.78, 5) is 28.1. The molecule has 26 heavy (non-hydrogen) atoms. The number of benzene rings is 1. The summed E-state index contributed by atoms with van der Waals surface area (Å²) in [7, 11) is 3.49. The highest BCUT2D eigenvalue weighted by Crippen LogP contribution is 2.48. The van der Waals surface area contributed by atoms with E-state index in [1.807, 2.05) is 43.0 Å². The van der Waals surface area contributed by atoms with Crippen LogP contribution in [0.3, 0.4) is 0 Å². The highest BCUT2D eigenvalue weighted by molar-refractivity contribution is 5.94. The SMILES string of the molecule is CC(C)Oc1cccc(C(=O)N2CCC3(CC(NC(=O)N(C)C)C3)C2)c1. The number of carbonyl (C=O) groups is 2. The van der Waals surface area contributed by atoms with Gasteiger partial charge in [-0.3, -0.25) is 4.79 Å². The molecular weight excluding hydrogens is 330 g/mol. The molecule has 142 valence electrons. The molecule has 0 bridgehead atoms. The highest BCUT2D eigenvalue weighted by atomic mass is 16.5. The predicted molar refractivity (Wildman–Crippen MR) is 100 cm³/mol. The maximum atomic E-state index is 12.9. The Morgan fingerprint density at radius 1 is 1.31 bits per heavy atom. The topological polar surface area (TPSA) is 61.9 Å². The normalized spacial score (nSPS) is 24.5. The monoisotopic (exact) mass is 359 g/mol. The van der Waals surface area contributed by atoms with E-state index in [2.05, 4.69) is 5.32 Å². The Balaban J connectivity index is 1.56. The first-order valence-electron chi connectivity index (χ1n) is 9.32. The Morgan fingerprint density at radius 2 is 2.04 bits per heavy atom. The first kappa shape index (κ1) is 18.5. The molecule has 3 amide bonds. The van der Waals surface area contributed by atoms with Crippen LogP contribution in [0.1, 0.15) is 43.5 Å². The lowest BCUT2D eigenvalue weighted by Crippen LogP contribution is -2.54. The van der Waals surface area contributed by atoms with Crippen molar-refractivity contribution in [3.05, 3.63) is 29.8 Å². The fourth-order valence-corrected chi connectivity index (χ4v) is 3.99. The van der Waals surface area contributed by atoms with Crippen molar-refractivity contribution in [2.45, 2.75) is 45.3 Å². The first-order chi connectivity index (χ1) is 12.3. The number of urea groups is 1. The van der Waals surface area contributed by atoms with Crippen LogP contribution in [0.4, 0.5) is 4.79 Å². The molecule has 0 radical (unpaired) electrons. The minimum absolute atomic E-state index is 0.0438. The van der Waals surface area contributed by atoms with Gasteiger partial charge in [-0.25, -0.2) is 4.79 Å². The summed E-state index contributed by atoms with van der Waals surface area (Å²) in [5.41, 5.74) is 0.850. The van der Waals surface area contributed by atoms with Crippen LogP contribution in [0, 0.1) is 5.41 Å². The summed E-state index contributed by atoms with van der Waals surface area (Å²) in [5, 5.41) is 3.04. The van der Waals surface area contributed by atoms with Gasteiger partial charge in [0, 0.05) is 38.8 Å². The van der Waals surface area contributed by atoms with Crippen LogP contribution in [-0.4, -0.2) is 61.1 Å². The quantitative estimate of drug-likeness (QED) is 0.899. The third-order valence-corrected chi connectivity index (χ3v) is 5.27. The van der Waals surface area contributed by atoms with Crippen molar-refractivity contribution in [2.75, 3.05) is 27.2 Å². The standard InChI is InChI=1S/C20H29N3O3/c1-14(2)26-17-7-5-6-15(10-17)18(24)23-9-8-20(13-23)11-16(12-20)21-19(25)22(3)4/h5-7,10,14,16H,8-9,11-13H2,1-4H3,(H,21,25). The number of hydrogen-bond acceptors (Lipinski definition) is 3. The van der Waals surface area contributed by atoms with Crippen LogP contribution in [0.2, 0.25) is 0 Å². The molecule has 0 atom stereocenters. The number of rotatable bonds is 4. The average molecular weight is 359 g/mol. The van der Waals surface area contributed by atoms with E-state index in [0.29, 0.717) is 5.56 Å². The predicted octanol–water partition coefficient (Wildman–Crippen LogP) is 2.74. The molecule has 6 heteroatoms. The fraction of sp³-hybridized carbons (Fsp3) is 0.600. The van der Waals surface area contributed by atoms with E-state index in [1.165, 1.54) is 0 Å². The van der Waals surface area contributed by atoms with Gasteiger partial charge in [-0.15, -0.1) is 0 Å². The van der Waals surface area contributed by atoms with E-state index in [1.54, 1.807) is 19.0 Å². The van der Waals surface area contributed by atoms with Gasteiger partial charge in [0.25, 0.3) is 5.91 Å². The van der Waals surface area contributed by atoms with Gasteiger partial charge >= 0.3 is 6.03 Å². The molecule has 1 aliphatic carbocycles. The summed E-state index contributed by atoms with van der Waals surface area (Å²) in [6.45, 7) is 5.50. The molecule has 2 aliphatic rings. The average Bonchev–Trinajstić information content (AvgIpc) is 2.98. The molecule has 6 nitrogen and oxygen atoms in total. The van der Waals surface area contributed by atoms with E-state index in [0.717, 1.165) is 38.1 Å². The summed E-state index contributed by atoms with van der Waals surface area (Å²) < 4.78 is 5.70. The minimum Gasteiger partial charge on any atom is -0.491 e. The third kappa shape index (κ3) is 3.94. The van der Waals surface area contributed by atoms with E-state index in [9.17, 15) is 9.59 Å². The summed E-state index contributed by atoms with van der Waals surface area (Å²) in [6.07, 6.45) is 2.99. The van der Waals surface area contributed by atoms with E-state index < -0.39 is 0 Å². The molecule has 1 saturated heterocycles. The van der Waals surface area contributed by atoms with Crippen LogP contribution in [-0.2, 0) is 0 Å². The molecule has 1 N–H and O–H groups in total. The third-order valence-electron chi connectivity index (χ3n) is 5.27. The van der Waals surface area contributed by atoms with Gasteiger partial charge < -0.3 is 19.9 Å². The van der Waals surface area contributed by atoms with Crippen LogP contribution in [0.15, 0.2) is 24.3 Å². The van der Waals surface area contributed by atoms with Gasteiger partial charge in [0.05, 0.1) is 6.10 Å². The zero-order valence-electron chi connectivity index (χ0n) is 16.1. The van der Waals surface area contributed by atoms with Crippen molar-refractivity contribution < 1.29 is 14.3 Å². The van der Waals surface area contributed by atoms with Crippen molar-refractivity contribution in [3.8, 4) is 5.75 Å². The summed E-state index contributed by atoms with van der Waals surface area (Å²) in [5.74, 6) is 0.798. The number of ether oxygens (including phenoxy) is 1. The van der Waals surface area contributed by atoms with Crippen molar-refractivity contribution in [1.29, 1.82) is 0 Å². The molecule has 1 heterocycles. The molecule has 1 aliphatic heterocycles. The van der Waals surface area contributed by atoms with E-state index in [-0.39, 0.29) is 29.5 Å². The lowest BCUT2D eigenvalue weighted by atomic mass is 9.65.